The summed E-state index contributed by atoms with van der Waals surface area (Å²) in [5, 5.41) is 0. The molecule has 2 rings (SSSR count). The van der Waals surface area contributed by atoms with Crippen LogP contribution in [0.25, 0.3) is 0 Å². The average molecular weight is 376 g/mol. The summed E-state index contributed by atoms with van der Waals surface area (Å²) in [6.45, 7) is 0. The van der Waals surface area contributed by atoms with Gasteiger partial charge in [0.15, 0.2) is 5.78 Å². The van der Waals surface area contributed by atoms with Gasteiger partial charge < -0.3 is 0 Å². The third-order valence-electron chi connectivity index (χ3n) is 2.35. The molecule has 0 aliphatic rings. The van der Waals surface area contributed by atoms with Gasteiger partial charge in [-0.15, -0.1) is 0 Å². The monoisotopic (exact) mass is 374 g/mol. The van der Waals surface area contributed by atoms with Crippen LogP contribution in [0.15, 0.2) is 45.3 Å². The zero-order chi connectivity index (χ0) is 13.3. The first-order chi connectivity index (χ1) is 8.49. The van der Waals surface area contributed by atoms with Crippen molar-refractivity contribution in [1.82, 2.24) is 0 Å². The molecule has 0 fully saturated rings. The summed E-state index contributed by atoms with van der Waals surface area (Å²) in [7, 11) is 0. The van der Waals surface area contributed by atoms with Crippen LogP contribution in [0.5, 0.6) is 0 Å². The second kappa shape index (κ2) is 5.28. The van der Waals surface area contributed by atoms with Crippen molar-refractivity contribution in [2.75, 3.05) is 0 Å². The number of hydrogen-bond donors (Lipinski definition) is 0. The third-order valence-corrected chi connectivity index (χ3v) is 3.53. The highest BCUT2D eigenvalue weighted by atomic mass is 79.9. The topological polar surface area (TPSA) is 17.1 Å². The number of ketones is 1. The highest BCUT2D eigenvalue weighted by Gasteiger charge is 2.17. The van der Waals surface area contributed by atoms with Gasteiger partial charge in [0.25, 0.3) is 0 Å². The standard InChI is InChI=1S/C13H6Br2F2O/c14-7-1-4-12(17)10(5-7)13(18)9-6-8(16)2-3-11(9)15/h1-6H. The number of benzene rings is 2. The van der Waals surface area contributed by atoms with E-state index in [2.05, 4.69) is 31.9 Å². The molecular formula is C13H6Br2F2O. The van der Waals surface area contributed by atoms with Gasteiger partial charge in [-0.25, -0.2) is 8.78 Å². The molecule has 0 N–H and O–H groups in total. The largest absolute Gasteiger partial charge is 0.288 e. The van der Waals surface area contributed by atoms with Crippen molar-refractivity contribution in [1.29, 1.82) is 0 Å². The molecule has 0 aliphatic carbocycles. The second-order valence-electron chi connectivity index (χ2n) is 3.58. The quantitative estimate of drug-likeness (QED) is 0.694. The van der Waals surface area contributed by atoms with Crippen LogP contribution < -0.4 is 0 Å². The number of carbonyl (C=O) groups excluding carboxylic acids is 1. The fraction of sp³-hybridized carbons (Fsp3) is 0. The Bertz CT molecular complexity index is 573. The van der Waals surface area contributed by atoms with Gasteiger partial charge in [-0.1, -0.05) is 31.9 Å². The Labute approximate surface area is 119 Å². The molecule has 1 nitrogen and oxygen atoms in total. The molecule has 0 unspecified atom stereocenters. The Kier molecular flexibility index (Phi) is 3.92. The molecule has 0 radical (unpaired) electrons. The maximum Gasteiger partial charge on any atom is 0.197 e. The summed E-state index contributed by atoms with van der Waals surface area (Å²) < 4.78 is 27.7. The van der Waals surface area contributed by atoms with E-state index in [4.69, 9.17) is 0 Å². The summed E-state index contributed by atoms with van der Waals surface area (Å²) in [5.74, 6) is -1.75. The highest BCUT2D eigenvalue weighted by molar-refractivity contribution is 9.10. The van der Waals surface area contributed by atoms with Crippen molar-refractivity contribution in [2.45, 2.75) is 0 Å². The molecule has 0 saturated carbocycles. The SMILES string of the molecule is O=C(c1cc(Br)ccc1F)c1cc(F)ccc1Br. The molecule has 5 heteroatoms. The summed E-state index contributed by atoms with van der Waals surface area (Å²) in [6, 6.07) is 7.76. The minimum atomic E-state index is -0.639. The van der Waals surface area contributed by atoms with Crippen molar-refractivity contribution >= 4 is 37.6 Å². The van der Waals surface area contributed by atoms with Gasteiger partial charge in [0, 0.05) is 14.5 Å². The van der Waals surface area contributed by atoms with E-state index in [0.29, 0.717) is 8.95 Å². The molecule has 0 aliphatic heterocycles. The lowest BCUT2D eigenvalue weighted by atomic mass is 10.0. The van der Waals surface area contributed by atoms with E-state index in [1.165, 1.54) is 30.3 Å². The Morgan fingerprint density at radius 2 is 1.67 bits per heavy atom. The molecule has 0 amide bonds. The number of rotatable bonds is 2. The molecule has 0 bridgehead atoms. The van der Waals surface area contributed by atoms with Crippen molar-refractivity contribution < 1.29 is 13.6 Å². The van der Waals surface area contributed by atoms with Crippen LogP contribution in [0, 0.1) is 11.6 Å². The molecule has 0 spiro atoms. The zero-order valence-electron chi connectivity index (χ0n) is 8.88. The van der Waals surface area contributed by atoms with E-state index in [-0.39, 0.29) is 11.1 Å². The second-order valence-corrected chi connectivity index (χ2v) is 5.35. The van der Waals surface area contributed by atoms with E-state index in [1.807, 2.05) is 0 Å². The smallest absolute Gasteiger partial charge is 0.197 e. The van der Waals surface area contributed by atoms with Crippen LogP contribution in [0.1, 0.15) is 15.9 Å². The first kappa shape index (κ1) is 13.4. The molecule has 0 atom stereocenters. The Balaban J connectivity index is 2.54. The molecule has 18 heavy (non-hydrogen) atoms. The van der Waals surface area contributed by atoms with Crippen molar-refractivity contribution in [2.24, 2.45) is 0 Å². The van der Waals surface area contributed by atoms with E-state index < -0.39 is 17.4 Å². The predicted octanol–water partition coefficient (Wildman–Crippen LogP) is 4.72. The van der Waals surface area contributed by atoms with E-state index in [1.54, 1.807) is 0 Å². The molecule has 92 valence electrons. The molecular weight excluding hydrogens is 370 g/mol. The maximum absolute atomic E-state index is 13.6. The number of hydrogen-bond acceptors (Lipinski definition) is 1. The summed E-state index contributed by atoms with van der Waals surface area (Å²) in [5.41, 5.74) is -0.0114. The minimum absolute atomic E-state index is 0.0898. The highest BCUT2D eigenvalue weighted by Crippen LogP contribution is 2.24. The minimum Gasteiger partial charge on any atom is -0.288 e. The summed E-state index contributed by atoms with van der Waals surface area (Å²) >= 11 is 6.32. The third kappa shape index (κ3) is 2.67. The van der Waals surface area contributed by atoms with Gasteiger partial charge in [0.05, 0.1) is 5.56 Å². The Morgan fingerprint density at radius 3 is 2.39 bits per heavy atom. The number of carbonyl (C=O) groups is 1. The van der Waals surface area contributed by atoms with Crippen LogP contribution in [-0.4, -0.2) is 5.78 Å². The molecule has 0 aromatic heterocycles. The van der Waals surface area contributed by atoms with Crippen molar-refractivity contribution in [3.63, 3.8) is 0 Å². The lowest BCUT2D eigenvalue weighted by molar-refractivity contribution is 0.103. The van der Waals surface area contributed by atoms with Crippen LogP contribution >= 0.6 is 31.9 Å². The van der Waals surface area contributed by atoms with Gasteiger partial charge in [0.1, 0.15) is 11.6 Å². The van der Waals surface area contributed by atoms with Crippen molar-refractivity contribution in [3.05, 3.63) is 68.1 Å². The van der Waals surface area contributed by atoms with Gasteiger partial charge in [-0.2, -0.15) is 0 Å². The first-order valence-corrected chi connectivity index (χ1v) is 6.52. The van der Waals surface area contributed by atoms with E-state index >= 15 is 0 Å². The fourth-order valence-corrected chi connectivity index (χ4v) is 2.28. The van der Waals surface area contributed by atoms with Crippen LogP contribution in [0.4, 0.5) is 8.78 Å². The first-order valence-electron chi connectivity index (χ1n) is 4.94. The fourth-order valence-electron chi connectivity index (χ4n) is 1.49. The van der Waals surface area contributed by atoms with Crippen LogP contribution in [0.3, 0.4) is 0 Å². The lowest BCUT2D eigenvalue weighted by Gasteiger charge is -2.06. The number of halogens is 4. The Hall–Kier alpha value is -1.07. The van der Waals surface area contributed by atoms with E-state index in [9.17, 15) is 13.6 Å². The van der Waals surface area contributed by atoms with E-state index in [0.717, 1.165) is 6.07 Å². The average Bonchev–Trinajstić information content (AvgIpc) is 2.34. The van der Waals surface area contributed by atoms with Crippen LogP contribution in [-0.2, 0) is 0 Å². The zero-order valence-corrected chi connectivity index (χ0v) is 12.1. The van der Waals surface area contributed by atoms with Crippen LogP contribution in [0.2, 0.25) is 0 Å². The maximum atomic E-state index is 13.6. The predicted molar refractivity (Wildman–Crippen MR) is 71.6 cm³/mol. The summed E-state index contributed by atoms with van der Waals surface area (Å²) in [4.78, 5) is 12.1. The Morgan fingerprint density at radius 1 is 0.944 bits per heavy atom. The normalized spacial score (nSPS) is 10.4. The molecule has 0 heterocycles. The van der Waals surface area contributed by atoms with Gasteiger partial charge >= 0.3 is 0 Å². The molecule has 2 aromatic carbocycles. The molecule has 2 aromatic rings. The summed E-state index contributed by atoms with van der Waals surface area (Å²) in [6.07, 6.45) is 0. The van der Waals surface area contributed by atoms with Gasteiger partial charge in [-0.3, -0.25) is 4.79 Å². The van der Waals surface area contributed by atoms with Gasteiger partial charge in [-0.05, 0) is 36.4 Å². The lowest BCUT2D eigenvalue weighted by Crippen LogP contribution is -2.05. The molecule has 0 saturated heterocycles. The van der Waals surface area contributed by atoms with Gasteiger partial charge in [0.2, 0.25) is 0 Å². The van der Waals surface area contributed by atoms with Crippen molar-refractivity contribution in [3.8, 4) is 0 Å².